The van der Waals surface area contributed by atoms with Gasteiger partial charge in [-0.2, -0.15) is 0 Å². The number of halogens is 1. The van der Waals surface area contributed by atoms with E-state index in [-0.39, 0.29) is 16.5 Å². The molecule has 0 aliphatic heterocycles. The van der Waals surface area contributed by atoms with Gasteiger partial charge in [0.2, 0.25) is 0 Å². The highest BCUT2D eigenvalue weighted by atomic mass is 19.1. The quantitative estimate of drug-likeness (QED) is 0.450. The van der Waals surface area contributed by atoms with E-state index in [9.17, 15) is 18.8 Å². The number of fused-ring (bicyclic) bond motifs is 1. The van der Waals surface area contributed by atoms with Gasteiger partial charge in [0, 0.05) is 11.6 Å². The van der Waals surface area contributed by atoms with Crippen molar-refractivity contribution < 1.29 is 9.18 Å². The molecule has 1 saturated carbocycles. The fourth-order valence-corrected chi connectivity index (χ4v) is 3.56. The summed E-state index contributed by atoms with van der Waals surface area (Å²) < 4.78 is 14.8. The second-order valence-corrected chi connectivity index (χ2v) is 7.73. The van der Waals surface area contributed by atoms with Gasteiger partial charge in [0.25, 0.3) is 11.5 Å². The van der Waals surface area contributed by atoms with Crippen LogP contribution >= 0.6 is 0 Å². The van der Waals surface area contributed by atoms with Crippen molar-refractivity contribution in [2.45, 2.75) is 18.9 Å². The van der Waals surface area contributed by atoms with Gasteiger partial charge in [0.1, 0.15) is 5.82 Å². The molecule has 3 aromatic carbocycles. The molecule has 0 bridgehead atoms. The second-order valence-electron chi connectivity index (χ2n) is 7.73. The van der Waals surface area contributed by atoms with E-state index in [1.165, 1.54) is 30.3 Å². The van der Waals surface area contributed by atoms with Gasteiger partial charge in [-0.1, -0.05) is 18.2 Å². The molecule has 7 nitrogen and oxygen atoms in total. The molecule has 160 valence electrons. The summed E-state index contributed by atoms with van der Waals surface area (Å²) in [5.74, 6) is -0.949. The third-order valence-electron chi connectivity index (χ3n) is 5.34. The van der Waals surface area contributed by atoms with Crippen molar-refractivity contribution in [3.63, 3.8) is 0 Å². The van der Waals surface area contributed by atoms with Crippen LogP contribution < -0.4 is 21.9 Å². The average molecular weight is 430 g/mol. The van der Waals surface area contributed by atoms with Gasteiger partial charge < -0.3 is 15.6 Å². The summed E-state index contributed by atoms with van der Waals surface area (Å²) in [6.45, 7) is 0. The Bertz CT molecular complexity index is 1460. The number of anilines is 2. The molecule has 1 amide bonds. The predicted molar refractivity (Wildman–Crippen MR) is 121 cm³/mol. The van der Waals surface area contributed by atoms with Crippen LogP contribution in [0.4, 0.5) is 15.8 Å². The standard InChI is InChI=1S/C24H19FN4O3/c25-15-7-11-19(26-16-8-9-16)21(13-15)27-22(30)14-6-10-18-20(12-14)28-24(32)29(23(18)31)17-4-2-1-3-5-17/h1-7,10-13,16,26H,8-9H2,(H,27,30)(H,28,32). The molecule has 4 aromatic rings. The van der Waals surface area contributed by atoms with Crippen LogP contribution in [0.25, 0.3) is 16.6 Å². The number of rotatable bonds is 5. The molecule has 0 atom stereocenters. The van der Waals surface area contributed by atoms with Crippen molar-refractivity contribution in [2.75, 3.05) is 10.6 Å². The summed E-state index contributed by atoms with van der Waals surface area (Å²) in [4.78, 5) is 41.0. The van der Waals surface area contributed by atoms with E-state index in [4.69, 9.17) is 0 Å². The van der Waals surface area contributed by atoms with Gasteiger partial charge in [-0.05, 0) is 61.4 Å². The Kier molecular flexibility index (Phi) is 4.82. The molecule has 1 aromatic heterocycles. The lowest BCUT2D eigenvalue weighted by Crippen LogP contribution is -2.33. The molecule has 3 N–H and O–H groups in total. The lowest BCUT2D eigenvalue weighted by molar-refractivity contribution is 0.102. The normalized spacial score (nSPS) is 13.2. The lowest BCUT2D eigenvalue weighted by atomic mass is 10.1. The number of carbonyl (C=O) groups excluding carboxylic acids is 1. The van der Waals surface area contributed by atoms with Crippen LogP contribution in [-0.4, -0.2) is 21.5 Å². The minimum atomic E-state index is -0.604. The molecule has 8 heteroatoms. The number of amides is 1. The van der Waals surface area contributed by atoms with Crippen molar-refractivity contribution in [3.05, 3.63) is 98.9 Å². The van der Waals surface area contributed by atoms with Crippen LogP contribution in [0.15, 0.2) is 76.3 Å². The number of carbonyl (C=O) groups is 1. The maximum absolute atomic E-state index is 13.8. The van der Waals surface area contributed by atoms with Crippen LogP contribution in [0.1, 0.15) is 23.2 Å². The average Bonchev–Trinajstić information content (AvgIpc) is 3.60. The SMILES string of the molecule is O=C(Nc1cc(F)ccc1NC1CC1)c1ccc2c(=O)n(-c3ccccc3)c(=O)[nH]c2c1. The van der Waals surface area contributed by atoms with E-state index < -0.39 is 23.0 Å². The molecule has 5 rings (SSSR count). The molecule has 0 saturated heterocycles. The first-order chi connectivity index (χ1) is 15.5. The Morgan fingerprint density at radius 1 is 0.969 bits per heavy atom. The Morgan fingerprint density at radius 3 is 2.50 bits per heavy atom. The van der Waals surface area contributed by atoms with Crippen molar-refractivity contribution in [2.24, 2.45) is 0 Å². The molecule has 32 heavy (non-hydrogen) atoms. The zero-order valence-electron chi connectivity index (χ0n) is 16.9. The summed E-state index contributed by atoms with van der Waals surface area (Å²) in [6, 6.07) is 17.5. The minimum Gasteiger partial charge on any atom is -0.381 e. The van der Waals surface area contributed by atoms with Gasteiger partial charge in [0.15, 0.2) is 0 Å². The number of benzene rings is 3. The summed E-state index contributed by atoms with van der Waals surface area (Å²) >= 11 is 0. The fraction of sp³-hybridized carbons (Fsp3) is 0.125. The lowest BCUT2D eigenvalue weighted by Gasteiger charge is -2.13. The van der Waals surface area contributed by atoms with Crippen molar-refractivity contribution in [1.29, 1.82) is 0 Å². The molecular weight excluding hydrogens is 411 g/mol. The Morgan fingerprint density at radius 2 is 1.75 bits per heavy atom. The van der Waals surface area contributed by atoms with Crippen LogP contribution in [-0.2, 0) is 0 Å². The first-order valence-corrected chi connectivity index (χ1v) is 10.2. The molecular formula is C24H19FN4O3. The highest BCUT2D eigenvalue weighted by molar-refractivity contribution is 6.07. The molecule has 1 fully saturated rings. The van der Waals surface area contributed by atoms with Crippen molar-refractivity contribution >= 4 is 28.2 Å². The summed E-state index contributed by atoms with van der Waals surface area (Å²) in [5, 5.41) is 6.25. The zero-order chi connectivity index (χ0) is 22.2. The highest BCUT2D eigenvalue weighted by Crippen LogP contribution is 2.30. The van der Waals surface area contributed by atoms with Crippen molar-refractivity contribution in [1.82, 2.24) is 9.55 Å². The number of nitrogens with zero attached hydrogens (tertiary/aromatic N) is 1. The van der Waals surface area contributed by atoms with Crippen LogP contribution in [0.5, 0.6) is 0 Å². The van der Waals surface area contributed by atoms with E-state index in [1.807, 2.05) is 0 Å². The number of para-hydroxylation sites is 1. The second kappa shape index (κ2) is 7.81. The predicted octanol–water partition coefficient (Wildman–Crippen LogP) is 3.64. The van der Waals surface area contributed by atoms with E-state index in [2.05, 4.69) is 15.6 Å². The largest absolute Gasteiger partial charge is 0.381 e. The number of aromatic amines is 1. The van der Waals surface area contributed by atoms with E-state index in [0.717, 1.165) is 17.4 Å². The highest BCUT2D eigenvalue weighted by Gasteiger charge is 2.22. The number of nitrogens with one attached hydrogen (secondary N) is 3. The minimum absolute atomic E-state index is 0.228. The van der Waals surface area contributed by atoms with Crippen molar-refractivity contribution in [3.8, 4) is 5.69 Å². The third kappa shape index (κ3) is 3.78. The first kappa shape index (κ1) is 19.7. The molecule has 1 aliphatic rings. The monoisotopic (exact) mass is 430 g/mol. The molecule has 1 heterocycles. The zero-order valence-corrected chi connectivity index (χ0v) is 16.9. The van der Waals surface area contributed by atoms with E-state index in [0.29, 0.717) is 23.1 Å². The summed E-state index contributed by atoms with van der Waals surface area (Å²) in [6.07, 6.45) is 2.06. The summed E-state index contributed by atoms with van der Waals surface area (Å²) in [7, 11) is 0. The van der Waals surface area contributed by atoms with Crippen LogP contribution in [0.3, 0.4) is 0 Å². The topological polar surface area (TPSA) is 96.0 Å². The Labute approximate surface area is 181 Å². The summed E-state index contributed by atoms with van der Waals surface area (Å²) in [5.41, 5.74) is 0.804. The molecule has 1 aliphatic carbocycles. The van der Waals surface area contributed by atoms with Crippen LogP contribution in [0.2, 0.25) is 0 Å². The van der Waals surface area contributed by atoms with Crippen LogP contribution in [0, 0.1) is 5.82 Å². The molecule has 0 radical (unpaired) electrons. The fourth-order valence-electron chi connectivity index (χ4n) is 3.56. The third-order valence-corrected chi connectivity index (χ3v) is 5.34. The molecule has 0 unspecified atom stereocenters. The van der Waals surface area contributed by atoms with Gasteiger partial charge in [-0.25, -0.2) is 13.8 Å². The first-order valence-electron chi connectivity index (χ1n) is 10.2. The number of hydrogen-bond donors (Lipinski definition) is 3. The van der Waals surface area contributed by atoms with E-state index in [1.54, 1.807) is 36.4 Å². The number of H-pyrrole nitrogens is 1. The number of aromatic nitrogens is 2. The Balaban J connectivity index is 1.49. The maximum Gasteiger partial charge on any atom is 0.333 e. The molecule has 0 spiro atoms. The van der Waals surface area contributed by atoms with Gasteiger partial charge in [-0.3, -0.25) is 9.59 Å². The maximum atomic E-state index is 13.8. The smallest absolute Gasteiger partial charge is 0.333 e. The van der Waals surface area contributed by atoms with Gasteiger partial charge >= 0.3 is 5.69 Å². The van der Waals surface area contributed by atoms with E-state index >= 15 is 0 Å². The van der Waals surface area contributed by atoms with Gasteiger partial charge in [0.05, 0.1) is 28.0 Å². The van der Waals surface area contributed by atoms with Gasteiger partial charge in [-0.15, -0.1) is 0 Å². The Hall–Kier alpha value is -4.20. The number of hydrogen-bond acceptors (Lipinski definition) is 4.